The van der Waals surface area contributed by atoms with E-state index in [1.165, 1.54) is 13.2 Å². The third-order valence-electron chi connectivity index (χ3n) is 16.7. The van der Waals surface area contributed by atoms with Crippen molar-refractivity contribution in [3.8, 4) is 16.2 Å². The van der Waals surface area contributed by atoms with Gasteiger partial charge in [0.25, 0.3) is 11.8 Å². The molecule has 21 heteroatoms. The fourth-order valence-corrected chi connectivity index (χ4v) is 12.7. The molecule has 5 amide bonds. The number of nitrogens with one attached hydrogen (secondary N) is 3. The summed E-state index contributed by atoms with van der Waals surface area (Å²) >= 11 is 1.59. The van der Waals surface area contributed by atoms with Gasteiger partial charge < -0.3 is 40.5 Å². The number of aromatic nitrogens is 2. The number of alkyl halides is 3. The second-order valence-electron chi connectivity index (χ2n) is 23.0. The van der Waals surface area contributed by atoms with Crippen LogP contribution in [-0.2, 0) is 27.1 Å². The highest BCUT2D eigenvalue weighted by atomic mass is 32.1. The van der Waals surface area contributed by atoms with Crippen LogP contribution in [-0.4, -0.2) is 166 Å². The molecule has 420 valence electrons. The van der Waals surface area contributed by atoms with Crippen LogP contribution in [0.15, 0.2) is 60.1 Å². The average molecular weight is 1100 g/mol. The smallest absolute Gasteiger partial charge is 0.433 e. The number of anilines is 1. The molecule has 9 rings (SSSR count). The number of benzene rings is 2. The Morgan fingerprint density at radius 2 is 1.62 bits per heavy atom. The highest BCUT2D eigenvalue weighted by molar-refractivity contribution is 7.13. The molecule has 4 fully saturated rings. The number of β-amino-alcohol motifs (C(OH)–C–C–N with tert-alkyl or cyclic N) is 1. The standard InChI is InChI=1S/C57H73F3N10O7S/c1-35(37-10-12-38(13-11-37)49-36(2)61-34-78-49)62-52(74)45-29-41(71)32-70(45)54(76)50(55(3,4)5)63-40-14-16-56(17-15-40)18-20-68(21-19-56)48(72)33-67-24-22-66(23-25-67)26-27-69-31-39-28-44(46(77-6)30-42(39)53(69)75)65-51(73)43-8-7-9-47(64-43)57(58,59)60/h7-13,28,30,34-35,40-41,45,50,63,71H,14-27,29,31-33H2,1-6H3,(H,62,74)(H,65,73)/t35-,41+,45-,50+/m0/s1. The maximum atomic E-state index is 14.5. The number of aryl methyl sites for hydroxylation is 1. The van der Waals surface area contributed by atoms with Crippen molar-refractivity contribution in [1.82, 2.24) is 45.1 Å². The van der Waals surface area contributed by atoms with Crippen LogP contribution in [0.25, 0.3) is 10.4 Å². The normalized spacial score (nSPS) is 21.2. The number of methoxy groups -OCH3 is 1. The van der Waals surface area contributed by atoms with Crippen LogP contribution in [0.2, 0.25) is 0 Å². The van der Waals surface area contributed by atoms with Crippen molar-refractivity contribution in [1.29, 1.82) is 0 Å². The molecule has 4 atom stereocenters. The Bertz CT molecular complexity index is 2830. The molecule has 0 radical (unpaired) electrons. The van der Waals surface area contributed by atoms with Crippen LogP contribution in [0.5, 0.6) is 5.75 Å². The van der Waals surface area contributed by atoms with E-state index in [2.05, 4.69) is 35.7 Å². The van der Waals surface area contributed by atoms with Gasteiger partial charge in [-0.2, -0.15) is 13.2 Å². The fraction of sp³-hybridized carbons (Fsp3) is 0.561. The molecule has 6 heterocycles. The Labute approximate surface area is 458 Å². The number of halogens is 3. The number of amides is 5. The summed E-state index contributed by atoms with van der Waals surface area (Å²) in [6.07, 6.45) is 0.383. The van der Waals surface area contributed by atoms with Gasteiger partial charge in [0, 0.05) is 83.5 Å². The molecule has 4 aromatic rings. The number of hydrogen-bond acceptors (Lipinski definition) is 13. The van der Waals surface area contributed by atoms with Crippen molar-refractivity contribution >= 4 is 46.6 Å². The maximum Gasteiger partial charge on any atom is 0.433 e. The molecular formula is C57H73F3N10O7S. The van der Waals surface area contributed by atoms with Gasteiger partial charge in [0.05, 0.1) is 53.6 Å². The molecule has 3 saturated heterocycles. The molecule has 2 aromatic heterocycles. The van der Waals surface area contributed by atoms with Crippen LogP contribution in [0.3, 0.4) is 0 Å². The van der Waals surface area contributed by atoms with E-state index in [0.29, 0.717) is 37.3 Å². The zero-order valence-electron chi connectivity index (χ0n) is 45.5. The first-order valence-electron chi connectivity index (χ1n) is 27.2. The van der Waals surface area contributed by atoms with Crippen LogP contribution in [0.4, 0.5) is 18.9 Å². The predicted molar refractivity (Wildman–Crippen MR) is 290 cm³/mol. The first-order valence-corrected chi connectivity index (χ1v) is 28.1. The first kappa shape index (κ1) is 56.7. The van der Waals surface area contributed by atoms with E-state index in [1.54, 1.807) is 33.3 Å². The molecular weight excluding hydrogens is 1030 g/mol. The van der Waals surface area contributed by atoms with Gasteiger partial charge in [0.15, 0.2) is 0 Å². The number of likely N-dealkylation sites (tertiary alicyclic amines) is 2. The van der Waals surface area contributed by atoms with Crippen LogP contribution >= 0.6 is 11.3 Å². The molecule has 2 aromatic carbocycles. The Morgan fingerprint density at radius 3 is 2.26 bits per heavy atom. The second-order valence-corrected chi connectivity index (χ2v) is 23.9. The largest absolute Gasteiger partial charge is 0.495 e. The van der Waals surface area contributed by atoms with E-state index in [-0.39, 0.29) is 65.5 Å². The predicted octanol–water partition coefficient (Wildman–Crippen LogP) is 6.76. The number of fused-ring (bicyclic) bond motifs is 1. The number of carbonyl (C=O) groups excluding carboxylic acids is 5. The van der Waals surface area contributed by atoms with Crippen molar-refractivity contribution in [3.63, 3.8) is 0 Å². The molecule has 1 spiro atoms. The van der Waals surface area contributed by atoms with E-state index in [4.69, 9.17) is 4.74 Å². The average Bonchev–Trinajstić information content (AvgIpc) is 4.15. The van der Waals surface area contributed by atoms with Gasteiger partial charge >= 0.3 is 6.18 Å². The van der Waals surface area contributed by atoms with E-state index in [9.17, 15) is 42.3 Å². The minimum Gasteiger partial charge on any atom is -0.495 e. The highest BCUT2D eigenvalue weighted by Gasteiger charge is 2.46. The van der Waals surface area contributed by atoms with E-state index >= 15 is 0 Å². The Morgan fingerprint density at radius 1 is 0.923 bits per heavy atom. The third kappa shape index (κ3) is 12.9. The lowest BCUT2D eigenvalue weighted by Crippen LogP contribution is -2.59. The summed E-state index contributed by atoms with van der Waals surface area (Å²) in [6.45, 7) is 16.3. The van der Waals surface area contributed by atoms with E-state index < -0.39 is 47.1 Å². The minimum atomic E-state index is -4.71. The number of thiazole rings is 1. The lowest BCUT2D eigenvalue weighted by molar-refractivity contribution is -0.142. The number of carbonyl (C=O) groups is 5. The summed E-state index contributed by atoms with van der Waals surface area (Å²) in [5.41, 5.74) is 4.24. The van der Waals surface area contributed by atoms with Crippen molar-refractivity contribution < 1.29 is 47.0 Å². The lowest BCUT2D eigenvalue weighted by atomic mass is 9.66. The van der Waals surface area contributed by atoms with Gasteiger partial charge in [0.1, 0.15) is 23.2 Å². The summed E-state index contributed by atoms with van der Waals surface area (Å²) in [7, 11) is 1.38. The number of rotatable bonds is 15. The van der Waals surface area contributed by atoms with Gasteiger partial charge in [-0.1, -0.05) is 51.1 Å². The number of piperidine rings is 1. The molecule has 78 heavy (non-hydrogen) atoms. The van der Waals surface area contributed by atoms with Gasteiger partial charge in [-0.05, 0) is 104 Å². The zero-order chi connectivity index (χ0) is 55.7. The second kappa shape index (κ2) is 23.4. The number of ether oxygens (including phenoxy) is 1. The van der Waals surface area contributed by atoms with Gasteiger partial charge in [0.2, 0.25) is 17.7 Å². The monoisotopic (exact) mass is 1100 g/mol. The fourth-order valence-electron chi connectivity index (χ4n) is 11.9. The van der Waals surface area contributed by atoms with Gasteiger partial charge in [-0.3, -0.25) is 33.8 Å². The molecule has 1 aliphatic carbocycles. The summed E-state index contributed by atoms with van der Waals surface area (Å²) in [5.74, 6) is -1.12. The topological polar surface area (TPSA) is 193 Å². The Balaban J connectivity index is 0.694. The van der Waals surface area contributed by atoms with Crippen LogP contribution in [0, 0.1) is 17.8 Å². The van der Waals surface area contributed by atoms with E-state index in [1.807, 2.05) is 69.3 Å². The number of pyridine rings is 1. The molecule has 5 aliphatic rings. The van der Waals surface area contributed by atoms with Gasteiger partial charge in [-0.15, -0.1) is 11.3 Å². The van der Waals surface area contributed by atoms with E-state index in [0.717, 1.165) is 112 Å². The summed E-state index contributed by atoms with van der Waals surface area (Å²) in [4.78, 5) is 87.2. The number of nitrogens with zero attached hydrogens (tertiary/aromatic N) is 7. The number of aliphatic hydroxyl groups excluding tert-OH is 1. The molecule has 1 saturated carbocycles. The number of hydrogen-bond donors (Lipinski definition) is 4. The van der Waals surface area contributed by atoms with Gasteiger partial charge in [-0.25, -0.2) is 9.97 Å². The third-order valence-corrected chi connectivity index (χ3v) is 17.7. The molecule has 4 N–H and O–H groups in total. The SMILES string of the molecule is COc1cc2c(cc1NC(=O)c1cccc(C(F)(F)F)n1)CN(CCN1CCN(CC(=O)N3CCC4(CCC(N[C@H](C(=O)N5C[C@H](O)C[C@H]5C(=O)N[C@@H](C)c5ccc(-c6scnc6C)cc5)C(C)(C)C)CC4)CC3)CC1)C2=O. The molecule has 0 bridgehead atoms. The summed E-state index contributed by atoms with van der Waals surface area (Å²) in [6, 6.07) is 12.8. The van der Waals surface area contributed by atoms with Crippen LogP contribution in [0.1, 0.15) is 122 Å². The zero-order valence-corrected chi connectivity index (χ0v) is 46.3. The quantitative estimate of drug-likeness (QED) is 0.0980. The van der Waals surface area contributed by atoms with Crippen molar-refractivity contribution in [2.75, 3.05) is 77.9 Å². The van der Waals surface area contributed by atoms with Crippen molar-refractivity contribution in [2.45, 2.75) is 123 Å². The number of piperazine rings is 1. The van der Waals surface area contributed by atoms with Crippen molar-refractivity contribution in [2.24, 2.45) is 10.8 Å². The molecule has 4 aliphatic heterocycles. The molecule has 0 unspecified atom stereocenters. The Hall–Kier alpha value is -6.00. The lowest BCUT2D eigenvalue weighted by Gasteiger charge is -2.47. The highest BCUT2D eigenvalue weighted by Crippen LogP contribution is 2.45. The number of aliphatic hydroxyl groups is 1. The minimum absolute atomic E-state index is 0.105. The van der Waals surface area contributed by atoms with Crippen molar-refractivity contribution in [3.05, 3.63) is 93.9 Å². The molecule has 17 nitrogen and oxygen atoms in total. The Kier molecular flexibility index (Phi) is 17.0. The summed E-state index contributed by atoms with van der Waals surface area (Å²) in [5, 5.41) is 20.3. The van der Waals surface area contributed by atoms with Crippen LogP contribution < -0.4 is 20.7 Å². The first-order chi connectivity index (χ1) is 37.1. The summed E-state index contributed by atoms with van der Waals surface area (Å²) < 4.78 is 45.2. The maximum absolute atomic E-state index is 14.5.